The third-order valence-electron chi connectivity index (χ3n) is 4.87. The molecule has 6 heteroatoms. The Hall–Kier alpha value is -2.96. The van der Waals surface area contributed by atoms with Crippen molar-refractivity contribution in [3.05, 3.63) is 75.6 Å². The highest BCUT2D eigenvalue weighted by atomic mass is 16.5. The number of morpholine rings is 1. The lowest BCUT2D eigenvalue weighted by molar-refractivity contribution is 0.0342. The summed E-state index contributed by atoms with van der Waals surface area (Å²) < 4.78 is 11.1. The molecule has 1 fully saturated rings. The van der Waals surface area contributed by atoms with Gasteiger partial charge in [0, 0.05) is 31.4 Å². The second-order valence-corrected chi connectivity index (χ2v) is 6.97. The molecule has 2 aromatic carbocycles. The van der Waals surface area contributed by atoms with Crippen LogP contribution in [0.4, 0.5) is 5.69 Å². The van der Waals surface area contributed by atoms with E-state index in [1.807, 2.05) is 37.3 Å². The first kappa shape index (κ1) is 18.4. The van der Waals surface area contributed by atoms with Crippen molar-refractivity contribution >= 4 is 22.6 Å². The number of para-hydroxylation sites is 1. The predicted octanol–water partition coefficient (Wildman–Crippen LogP) is 3.19. The minimum absolute atomic E-state index is 0.00396. The first-order chi connectivity index (χ1) is 13.6. The summed E-state index contributed by atoms with van der Waals surface area (Å²) >= 11 is 0. The number of hydrogen-bond acceptors (Lipinski definition) is 5. The van der Waals surface area contributed by atoms with E-state index in [4.69, 9.17) is 9.15 Å². The topological polar surface area (TPSA) is 71.8 Å². The number of aryl methyl sites for hydroxylation is 1. The molecule has 4 rings (SSSR count). The fraction of sp³-hybridized carbons (Fsp3) is 0.273. The Morgan fingerprint density at radius 3 is 2.71 bits per heavy atom. The van der Waals surface area contributed by atoms with Gasteiger partial charge in [0.15, 0.2) is 11.2 Å². The standard InChI is InChI=1S/C22H22N2O4/c1-15-6-7-17-19(25)13-21(28-20(17)12-15)22(26)23-18-5-3-2-4-16(18)14-24-8-10-27-11-9-24/h2-7,12-13H,8-11,14H2,1H3,(H,23,26). The van der Waals surface area contributed by atoms with Crippen molar-refractivity contribution in [1.82, 2.24) is 4.90 Å². The second kappa shape index (κ2) is 7.96. The van der Waals surface area contributed by atoms with Crippen molar-refractivity contribution in [1.29, 1.82) is 0 Å². The van der Waals surface area contributed by atoms with E-state index in [1.165, 1.54) is 6.07 Å². The average molecular weight is 378 g/mol. The zero-order valence-corrected chi connectivity index (χ0v) is 15.7. The quantitative estimate of drug-likeness (QED) is 0.755. The molecule has 0 atom stereocenters. The van der Waals surface area contributed by atoms with Gasteiger partial charge in [-0.25, -0.2) is 0 Å². The maximum Gasteiger partial charge on any atom is 0.291 e. The van der Waals surface area contributed by atoms with Crippen molar-refractivity contribution in [2.45, 2.75) is 13.5 Å². The van der Waals surface area contributed by atoms with E-state index >= 15 is 0 Å². The van der Waals surface area contributed by atoms with Crippen LogP contribution in [0.25, 0.3) is 11.0 Å². The molecule has 0 aliphatic carbocycles. The molecule has 1 N–H and O–H groups in total. The molecule has 0 unspecified atom stereocenters. The Labute approximate surface area is 162 Å². The Morgan fingerprint density at radius 2 is 1.89 bits per heavy atom. The van der Waals surface area contributed by atoms with Gasteiger partial charge in [-0.1, -0.05) is 24.3 Å². The molecule has 0 spiro atoms. The molecule has 6 nitrogen and oxygen atoms in total. The van der Waals surface area contributed by atoms with Crippen LogP contribution in [-0.4, -0.2) is 37.1 Å². The highest BCUT2D eigenvalue weighted by molar-refractivity contribution is 6.03. The van der Waals surface area contributed by atoms with Crippen molar-refractivity contribution in [3.63, 3.8) is 0 Å². The highest BCUT2D eigenvalue weighted by Gasteiger charge is 2.16. The van der Waals surface area contributed by atoms with Crippen LogP contribution < -0.4 is 10.7 Å². The van der Waals surface area contributed by atoms with Crippen LogP contribution in [0.3, 0.4) is 0 Å². The smallest absolute Gasteiger partial charge is 0.291 e. The summed E-state index contributed by atoms with van der Waals surface area (Å²) in [6.07, 6.45) is 0. The number of benzene rings is 2. The Bertz CT molecular complexity index is 1070. The number of nitrogens with zero attached hydrogens (tertiary/aromatic N) is 1. The molecule has 1 aliphatic rings. The Kier molecular flexibility index (Phi) is 5.23. The van der Waals surface area contributed by atoms with Gasteiger partial charge in [-0.2, -0.15) is 0 Å². The van der Waals surface area contributed by atoms with Gasteiger partial charge in [-0.15, -0.1) is 0 Å². The van der Waals surface area contributed by atoms with E-state index in [0.717, 1.165) is 44.0 Å². The third-order valence-corrected chi connectivity index (χ3v) is 4.87. The van der Waals surface area contributed by atoms with Crippen LogP contribution in [0, 0.1) is 6.92 Å². The van der Waals surface area contributed by atoms with E-state index in [0.29, 0.717) is 16.7 Å². The summed E-state index contributed by atoms with van der Waals surface area (Å²) in [4.78, 5) is 27.4. The van der Waals surface area contributed by atoms with Gasteiger partial charge in [-0.05, 0) is 36.2 Å². The molecule has 144 valence electrons. The van der Waals surface area contributed by atoms with Crippen LogP contribution in [0.15, 0.2) is 57.7 Å². The van der Waals surface area contributed by atoms with Crippen LogP contribution in [-0.2, 0) is 11.3 Å². The lowest BCUT2D eigenvalue weighted by Crippen LogP contribution is -2.35. The van der Waals surface area contributed by atoms with Gasteiger partial charge in [-0.3, -0.25) is 14.5 Å². The zero-order valence-electron chi connectivity index (χ0n) is 15.7. The molecule has 0 radical (unpaired) electrons. The number of anilines is 1. The summed E-state index contributed by atoms with van der Waals surface area (Å²) in [7, 11) is 0. The van der Waals surface area contributed by atoms with Crippen molar-refractivity contribution in [2.24, 2.45) is 0 Å². The third kappa shape index (κ3) is 3.98. The normalized spacial score (nSPS) is 14.9. The molecule has 2 heterocycles. The van der Waals surface area contributed by atoms with Gasteiger partial charge in [0.1, 0.15) is 5.58 Å². The molecule has 28 heavy (non-hydrogen) atoms. The van der Waals surface area contributed by atoms with Gasteiger partial charge in [0.2, 0.25) is 0 Å². The number of rotatable bonds is 4. The molecular weight excluding hydrogens is 356 g/mol. The van der Waals surface area contributed by atoms with E-state index < -0.39 is 5.91 Å². The fourth-order valence-electron chi connectivity index (χ4n) is 3.34. The molecule has 3 aromatic rings. The predicted molar refractivity (Wildman–Crippen MR) is 108 cm³/mol. The lowest BCUT2D eigenvalue weighted by Gasteiger charge is -2.27. The van der Waals surface area contributed by atoms with Crippen molar-refractivity contribution in [2.75, 3.05) is 31.6 Å². The molecule has 0 bridgehead atoms. The molecule has 1 aliphatic heterocycles. The molecule has 1 aromatic heterocycles. The van der Waals surface area contributed by atoms with Crippen LogP contribution >= 0.6 is 0 Å². The average Bonchev–Trinajstić information content (AvgIpc) is 2.70. The summed E-state index contributed by atoms with van der Waals surface area (Å²) in [5.41, 5.74) is 2.87. The number of fused-ring (bicyclic) bond motifs is 1. The molecule has 0 saturated carbocycles. The SMILES string of the molecule is Cc1ccc2c(=O)cc(C(=O)Nc3ccccc3CN3CCOCC3)oc2c1. The second-order valence-electron chi connectivity index (χ2n) is 6.97. The molecule has 1 saturated heterocycles. The van der Waals surface area contributed by atoms with Gasteiger partial charge >= 0.3 is 0 Å². The minimum Gasteiger partial charge on any atom is -0.451 e. The minimum atomic E-state index is -0.435. The molecular formula is C22H22N2O4. The van der Waals surface area contributed by atoms with Crippen LogP contribution in [0.5, 0.6) is 0 Å². The summed E-state index contributed by atoms with van der Waals surface area (Å²) in [5.74, 6) is -0.431. The maximum atomic E-state index is 12.8. The van der Waals surface area contributed by atoms with Gasteiger partial charge in [0.05, 0.1) is 18.6 Å². The van der Waals surface area contributed by atoms with E-state index in [-0.39, 0.29) is 11.2 Å². The van der Waals surface area contributed by atoms with Crippen molar-refractivity contribution < 1.29 is 13.9 Å². The highest BCUT2D eigenvalue weighted by Crippen LogP contribution is 2.20. The van der Waals surface area contributed by atoms with Crippen LogP contribution in [0.1, 0.15) is 21.7 Å². The number of carbonyl (C=O) groups is 1. The van der Waals surface area contributed by atoms with Gasteiger partial charge in [0.25, 0.3) is 5.91 Å². The number of carbonyl (C=O) groups excluding carboxylic acids is 1. The maximum absolute atomic E-state index is 12.8. The largest absolute Gasteiger partial charge is 0.451 e. The Morgan fingerprint density at radius 1 is 1.11 bits per heavy atom. The summed E-state index contributed by atoms with van der Waals surface area (Å²) in [6.45, 7) is 5.80. The number of ether oxygens (including phenoxy) is 1. The monoisotopic (exact) mass is 378 g/mol. The first-order valence-electron chi connectivity index (χ1n) is 9.34. The summed E-state index contributed by atoms with van der Waals surface area (Å²) in [5, 5.41) is 3.36. The molecule has 1 amide bonds. The van der Waals surface area contributed by atoms with Gasteiger partial charge < -0.3 is 14.5 Å². The number of hydrogen-bond donors (Lipinski definition) is 1. The van der Waals surface area contributed by atoms with E-state index in [2.05, 4.69) is 10.2 Å². The van der Waals surface area contributed by atoms with Crippen molar-refractivity contribution in [3.8, 4) is 0 Å². The Balaban J connectivity index is 1.58. The van der Waals surface area contributed by atoms with Crippen LogP contribution in [0.2, 0.25) is 0 Å². The van der Waals surface area contributed by atoms with E-state index in [1.54, 1.807) is 12.1 Å². The first-order valence-corrected chi connectivity index (χ1v) is 9.34. The lowest BCUT2D eigenvalue weighted by atomic mass is 10.1. The zero-order chi connectivity index (χ0) is 19.5. The fourth-order valence-corrected chi connectivity index (χ4v) is 3.34. The van der Waals surface area contributed by atoms with E-state index in [9.17, 15) is 9.59 Å². The number of amides is 1. The number of nitrogens with one attached hydrogen (secondary N) is 1. The summed E-state index contributed by atoms with van der Waals surface area (Å²) in [6, 6.07) is 14.2.